The van der Waals surface area contributed by atoms with E-state index in [1.54, 1.807) is 0 Å². The molecule has 1 saturated heterocycles. The van der Waals surface area contributed by atoms with E-state index >= 15 is 0 Å². The molecule has 2 aromatic rings. The lowest BCUT2D eigenvalue weighted by Gasteiger charge is -2.18. The van der Waals surface area contributed by atoms with Crippen molar-refractivity contribution in [2.45, 2.75) is 19.6 Å². The maximum atomic E-state index is 12.0. The van der Waals surface area contributed by atoms with Crippen molar-refractivity contribution in [1.82, 2.24) is 0 Å². The molecule has 0 amide bonds. The number of benzene rings is 2. The molecule has 0 radical (unpaired) electrons. The van der Waals surface area contributed by atoms with Crippen molar-refractivity contribution in [3.8, 4) is 0 Å². The summed E-state index contributed by atoms with van der Waals surface area (Å²) in [6.45, 7) is 3.05. The van der Waals surface area contributed by atoms with Crippen LogP contribution in [0.1, 0.15) is 38.9 Å². The highest BCUT2D eigenvalue weighted by Crippen LogP contribution is 2.30. The molecule has 23 heavy (non-hydrogen) atoms. The third-order valence-electron chi connectivity index (χ3n) is 4.00. The van der Waals surface area contributed by atoms with E-state index in [0.29, 0.717) is 18.8 Å². The third kappa shape index (κ3) is 3.44. The van der Waals surface area contributed by atoms with Crippen LogP contribution >= 0.6 is 0 Å². The van der Waals surface area contributed by atoms with Crippen LogP contribution in [-0.2, 0) is 20.6 Å². The van der Waals surface area contributed by atoms with Gasteiger partial charge in [0, 0.05) is 5.56 Å². The number of ether oxygens (including phenoxy) is 3. The van der Waals surface area contributed by atoms with Gasteiger partial charge in [0.2, 0.25) is 0 Å². The summed E-state index contributed by atoms with van der Waals surface area (Å²) in [6.07, 6.45) is 0.347. The lowest BCUT2D eigenvalue weighted by Crippen LogP contribution is -2.10. The molecule has 0 atom stereocenters. The predicted octanol–water partition coefficient (Wildman–Crippen LogP) is 3.42. The van der Waals surface area contributed by atoms with Crippen LogP contribution in [0.25, 0.3) is 0 Å². The van der Waals surface area contributed by atoms with Crippen molar-refractivity contribution >= 4 is 5.97 Å². The van der Waals surface area contributed by atoms with Gasteiger partial charge in [0.15, 0.2) is 6.29 Å². The van der Waals surface area contributed by atoms with E-state index in [1.807, 2.05) is 37.3 Å². The molecule has 1 heterocycles. The molecule has 0 N–H and O–H groups in total. The first-order chi connectivity index (χ1) is 11.2. The maximum Gasteiger partial charge on any atom is 0.338 e. The molecule has 4 nitrogen and oxygen atoms in total. The molecule has 0 aromatic heterocycles. The van der Waals surface area contributed by atoms with E-state index < -0.39 is 6.29 Å². The Bertz CT molecular complexity index is 688. The van der Waals surface area contributed by atoms with Gasteiger partial charge in [-0.25, -0.2) is 4.79 Å². The van der Waals surface area contributed by atoms with Gasteiger partial charge in [-0.05, 0) is 36.1 Å². The van der Waals surface area contributed by atoms with Crippen molar-refractivity contribution < 1.29 is 19.0 Å². The highest BCUT2D eigenvalue weighted by molar-refractivity contribution is 5.91. The number of carbonyl (C=O) groups excluding carboxylic acids is 1. The normalized spacial score (nSPS) is 14.9. The molecule has 120 valence electrons. The lowest BCUT2D eigenvalue weighted by molar-refractivity contribution is -0.0446. The van der Waals surface area contributed by atoms with Crippen molar-refractivity contribution in [2.24, 2.45) is 0 Å². The number of methoxy groups -OCH3 is 1. The Morgan fingerprint density at radius 3 is 2.52 bits per heavy atom. The van der Waals surface area contributed by atoms with E-state index in [4.69, 9.17) is 14.2 Å². The van der Waals surface area contributed by atoms with E-state index in [-0.39, 0.29) is 5.97 Å². The predicted molar refractivity (Wildman–Crippen MR) is 86.4 cm³/mol. The van der Waals surface area contributed by atoms with E-state index in [2.05, 4.69) is 12.1 Å². The summed E-state index contributed by atoms with van der Waals surface area (Å²) in [6, 6.07) is 14.1. The van der Waals surface area contributed by atoms with Crippen LogP contribution in [0, 0.1) is 6.92 Å². The summed E-state index contributed by atoms with van der Waals surface area (Å²) in [4.78, 5) is 12.0. The Morgan fingerprint density at radius 1 is 1.17 bits per heavy atom. The SMILES string of the molecule is COC(=O)c1cc(C2OCCO2)c(Cc2ccccc2)cc1C. The minimum absolute atomic E-state index is 0.340. The first-order valence-electron chi connectivity index (χ1n) is 7.68. The van der Waals surface area contributed by atoms with Crippen LogP contribution in [0.4, 0.5) is 0 Å². The molecular weight excluding hydrogens is 292 g/mol. The van der Waals surface area contributed by atoms with Gasteiger partial charge in [0.05, 0.1) is 25.9 Å². The fourth-order valence-corrected chi connectivity index (χ4v) is 2.84. The van der Waals surface area contributed by atoms with Gasteiger partial charge in [0.1, 0.15) is 0 Å². The second-order valence-electron chi connectivity index (χ2n) is 5.59. The molecule has 0 bridgehead atoms. The average Bonchev–Trinajstić information content (AvgIpc) is 3.09. The highest BCUT2D eigenvalue weighted by atomic mass is 16.7. The zero-order valence-electron chi connectivity index (χ0n) is 13.4. The molecule has 1 aliphatic rings. The van der Waals surface area contributed by atoms with Crippen LogP contribution < -0.4 is 0 Å². The molecule has 0 unspecified atom stereocenters. The fourth-order valence-electron chi connectivity index (χ4n) is 2.84. The van der Waals surface area contributed by atoms with Gasteiger partial charge in [-0.15, -0.1) is 0 Å². The largest absolute Gasteiger partial charge is 0.465 e. The van der Waals surface area contributed by atoms with Crippen LogP contribution in [0.3, 0.4) is 0 Å². The summed E-state index contributed by atoms with van der Waals surface area (Å²) >= 11 is 0. The van der Waals surface area contributed by atoms with Gasteiger partial charge in [-0.2, -0.15) is 0 Å². The summed E-state index contributed by atoms with van der Waals surface area (Å²) in [5.41, 5.74) is 4.66. The van der Waals surface area contributed by atoms with Gasteiger partial charge in [0.25, 0.3) is 0 Å². The van der Waals surface area contributed by atoms with E-state index in [9.17, 15) is 4.79 Å². The van der Waals surface area contributed by atoms with Crippen molar-refractivity contribution in [3.05, 3.63) is 70.3 Å². The van der Waals surface area contributed by atoms with Crippen LogP contribution in [0.5, 0.6) is 0 Å². The minimum atomic E-state index is -0.419. The Morgan fingerprint density at radius 2 is 1.87 bits per heavy atom. The Balaban J connectivity index is 2.02. The summed E-state index contributed by atoms with van der Waals surface area (Å²) in [5, 5.41) is 0. The van der Waals surface area contributed by atoms with Gasteiger partial charge >= 0.3 is 5.97 Å². The van der Waals surface area contributed by atoms with Gasteiger partial charge in [-0.1, -0.05) is 36.4 Å². The molecule has 1 aliphatic heterocycles. The molecule has 0 aliphatic carbocycles. The number of esters is 1. The second kappa shape index (κ2) is 6.94. The first-order valence-corrected chi connectivity index (χ1v) is 7.68. The van der Waals surface area contributed by atoms with Crippen molar-refractivity contribution in [3.63, 3.8) is 0 Å². The van der Waals surface area contributed by atoms with Crippen LogP contribution in [0.15, 0.2) is 42.5 Å². The molecule has 4 heteroatoms. The fraction of sp³-hybridized carbons (Fsp3) is 0.316. The topological polar surface area (TPSA) is 44.8 Å². The summed E-state index contributed by atoms with van der Waals surface area (Å²) in [7, 11) is 1.39. The number of hydrogen-bond donors (Lipinski definition) is 0. The molecule has 3 rings (SSSR count). The minimum Gasteiger partial charge on any atom is -0.465 e. The maximum absolute atomic E-state index is 12.0. The smallest absolute Gasteiger partial charge is 0.338 e. The molecule has 0 spiro atoms. The molecule has 1 fully saturated rings. The van der Waals surface area contributed by atoms with Crippen LogP contribution in [0.2, 0.25) is 0 Å². The number of carbonyl (C=O) groups is 1. The molecular formula is C19H20O4. The Labute approximate surface area is 136 Å². The van der Waals surface area contributed by atoms with Gasteiger partial charge < -0.3 is 14.2 Å². The monoisotopic (exact) mass is 312 g/mol. The number of aryl methyl sites for hydroxylation is 1. The average molecular weight is 312 g/mol. The zero-order chi connectivity index (χ0) is 16.2. The summed E-state index contributed by atoms with van der Waals surface area (Å²) < 4.78 is 16.2. The third-order valence-corrected chi connectivity index (χ3v) is 4.00. The molecule has 0 saturated carbocycles. The van der Waals surface area contributed by atoms with E-state index in [1.165, 1.54) is 12.7 Å². The number of rotatable bonds is 4. The Kier molecular flexibility index (Phi) is 4.74. The van der Waals surface area contributed by atoms with Crippen LogP contribution in [-0.4, -0.2) is 26.3 Å². The quantitative estimate of drug-likeness (QED) is 0.812. The first kappa shape index (κ1) is 15.7. The highest BCUT2D eigenvalue weighted by Gasteiger charge is 2.24. The zero-order valence-corrected chi connectivity index (χ0v) is 13.4. The Hall–Kier alpha value is -2.17. The molecule has 2 aromatic carbocycles. The number of hydrogen-bond acceptors (Lipinski definition) is 4. The second-order valence-corrected chi connectivity index (χ2v) is 5.59. The van der Waals surface area contributed by atoms with E-state index in [0.717, 1.165) is 23.1 Å². The van der Waals surface area contributed by atoms with Crippen molar-refractivity contribution in [2.75, 3.05) is 20.3 Å². The lowest BCUT2D eigenvalue weighted by atomic mass is 9.94. The summed E-state index contributed by atoms with van der Waals surface area (Å²) in [5.74, 6) is -0.340. The van der Waals surface area contributed by atoms with Gasteiger partial charge in [-0.3, -0.25) is 0 Å². The standard InChI is InChI=1S/C19H20O4/c1-13-10-15(11-14-6-4-3-5-7-14)17(19-22-8-9-23-19)12-16(13)18(20)21-2/h3-7,10,12,19H,8-9,11H2,1-2H3. The van der Waals surface area contributed by atoms with Crippen molar-refractivity contribution in [1.29, 1.82) is 0 Å².